The summed E-state index contributed by atoms with van der Waals surface area (Å²) in [5.41, 5.74) is 2.93. The molecule has 1 amide bonds. The summed E-state index contributed by atoms with van der Waals surface area (Å²) in [6.07, 6.45) is 6.98. The molecular formula is C26H28N2O4S. The molecule has 0 bridgehead atoms. The van der Waals surface area contributed by atoms with Crippen molar-refractivity contribution in [2.75, 3.05) is 26.4 Å². The fraction of sp³-hybridized carbons (Fsp3) is 0.385. The van der Waals surface area contributed by atoms with Crippen LogP contribution in [0.2, 0.25) is 0 Å². The molecule has 0 spiro atoms. The van der Waals surface area contributed by atoms with Gasteiger partial charge in [-0.1, -0.05) is 6.07 Å². The van der Waals surface area contributed by atoms with Crippen molar-refractivity contribution in [2.45, 2.75) is 38.8 Å². The Hall–Kier alpha value is -2.90. The molecule has 172 valence electrons. The Morgan fingerprint density at radius 3 is 2.91 bits per heavy atom. The molecule has 2 aliphatic rings. The normalized spacial score (nSPS) is 18.2. The van der Waals surface area contributed by atoms with E-state index in [9.17, 15) is 4.79 Å². The molecule has 1 saturated heterocycles. The van der Waals surface area contributed by atoms with Crippen LogP contribution in [0.4, 0.5) is 0 Å². The molecule has 2 aliphatic heterocycles. The third-order valence-corrected chi connectivity index (χ3v) is 7.02. The fourth-order valence-electron chi connectivity index (χ4n) is 4.29. The average Bonchev–Trinajstić information content (AvgIpc) is 3.17. The Morgan fingerprint density at radius 1 is 1.21 bits per heavy atom. The zero-order valence-electron chi connectivity index (χ0n) is 18.8. The molecule has 0 aliphatic carbocycles. The largest absolute Gasteiger partial charge is 0.487 e. The lowest BCUT2D eigenvalue weighted by Gasteiger charge is -2.24. The molecule has 6 nitrogen and oxygen atoms in total. The van der Waals surface area contributed by atoms with Gasteiger partial charge in [0.1, 0.15) is 13.2 Å². The van der Waals surface area contributed by atoms with Gasteiger partial charge in [0.25, 0.3) is 5.91 Å². The number of thiophene rings is 1. The molecule has 0 radical (unpaired) electrons. The minimum absolute atomic E-state index is 0.0365. The van der Waals surface area contributed by atoms with Crippen molar-refractivity contribution < 1.29 is 19.0 Å². The number of benzene rings is 1. The zero-order valence-corrected chi connectivity index (χ0v) is 19.6. The van der Waals surface area contributed by atoms with Crippen LogP contribution >= 0.6 is 11.3 Å². The molecule has 1 fully saturated rings. The van der Waals surface area contributed by atoms with E-state index in [4.69, 9.17) is 14.2 Å². The summed E-state index contributed by atoms with van der Waals surface area (Å²) in [7, 11) is 0. The van der Waals surface area contributed by atoms with Gasteiger partial charge in [0.2, 0.25) is 0 Å². The number of aromatic nitrogens is 1. The van der Waals surface area contributed by atoms with Gasteiger partial charge < -0.3 is 19.1 Å². The summed E-state index contributed by atoms with van der Waals surface area (Å²) in [5.74, 6) is 1.45. The maximum Gasteiger partial charge on any atom is 0.264 e. The lowest BCUT2D eigenvalue weighted by molar-refractivity contribution is -0.0115. The van der Waals surface area contributed by atoms with Crippen molar-refractivity contribution in [1.82, 2.24) is 9.88 Å². The highest BCUT2D eigenvalue weighted by Gasteiger charge is 2.26. The van der Waals surface area contributed by atoms with E-state index in [1.165, 1.54) is 11.3 Å². The van der Waals surface area contributed by atoms with E-state index in [0.29, 0.717) is 32.1 Å². The minimum atomic E-state index is 0.0365. The maximum absolute atomic E-state index is 13.2. The Labute approximate surface area is 198 Å². The number of carbonyl (C=O) groups is 1. The van der Waals surface area contributed by atoms with Gasteiger partial charge in [-0.2, -0.15) is 0 Å². The number of rotatable bonds is 5. The molecule has 1 atom stereocenters. The Balaban J connectivity index is 1.46. The summed E-state index contributed by atoms with van der Waals surface area (Å²) >= 11 is 1.53. The van der Waals surface area contributed by atoms with Crippen molar-refractivity contribution in [3.8, 4) is 22.6 Å². The lowest BCUT2D eigenvalue weighted by Crippen LogP contribution is -2.31. The van der Waals surface area contributed by atoms with Crippen LogP contribution in [0.15, 0.2) is 48.8 Å². The average molecular weight is 465 g/mol. The van der Waals surface area contributed by atoms with Crippen LogP contribution in [0.3, 0.4) is 0 Å². The number of amides is 1. The Bertz CT molecular complexity index is 1110. The Kier molecular flexibility index (Phi) is 6.60. The van der Waals surface area contributed by atoms with Crippen LogP contribution in [-0.2, 0) is 11.3 Å². The maximum atomic E-state index is 13.2. The predicted octanol–water partition coefficient (Wildman–Crippen LogP) is 5.10. The fourth-order valence-corrected chi connectivity index (χ4v) is 5.13. The van der Waals surface area contributed by atoms with Crippen molar-refractivity contribution in [3.63, 3.8) is 0 Å². The third-order valence-electron chi connectivity index (χ3n) is 6.03. The zero-order chi connectivity index (χ0) is 22.6. The van der Waals surface area contributed by atoms with Crippen LogP contribution in [0.25, 0.3) is 11.1 Å². The van der Waals surface area contributed by atoms with Crippen LogP contribution < -0.4 is 9.47 Å². The quantitative estimate of drug-likeness (QED) is 0.526. The van der Waals surface area contributed by atoms with Gasteiger partial charge in [-0.3, -0.25) is 9.78 Å². The van der Waals surface area contributed by atoms with Gasteiger partial charge in [-0.15, -0.1) is 11.3 Å². The van der Waals surface area contributed by atoms with E-state index in [0.717, 1.165) is 58.1 Å². The first-order valence-electron chi connectivity index (χ1n) is 11.5. The summed E-state index contributed by atoms with van der Waals surface area (Å²) in [4.78, 5) is 21.2. The van der Waals surface area contributed by atoms with Gasteiger partial charge >= 0.3 is 0 Å². The van der Waals surface area contributed by atoms with Crippen molar-refractivity contribution in [3.05, 3.63) is 64.1 Å². The van der Waals surface area contributed by atoms with Crippen molar-refractivity contribution in [2.24, 2.45) is 0 Å². The first kappa shape index (κ1) is 21.9. The number of hydrogen-bond acceptors (Lipinski definition) is 6. The molecule has 5 rings (SSSR count). The second-order valence-corrected chi connectivity index (χ2v) is 9.78. The molecular weight excluding hydrogens is 436 g/mol. The van der Waals surface area contributed by atoms with Crippen LogP contribution in [-0.4, -0.2) is 48.3 Å². The second kappa shape index (κ2) is 9.93. The number of nitrogens with zero attached hydrogens (tertiary/aromatic N) is 2. The number of ether oxygens (including phenoxy) is 3. The van der Waals surface area contributed by atoms with Crippen molar-refractivity contribution >= 4 is 17.2 Å². The molecule has 0 saturated carbocycles. The van der Waals surface area contributed by atoms with E-state index < -0.39 is 0 Å². The lowest BCUT2D eigenvalue weighted by atomic mass is 10.0. The van der Waals surface area contributed by atoms with E-state index in [2.05, 4.69) is 11.1 Å². The molecule has 0 unspecified atom stereocenters. The van der Waals surface area contributed by atoms with Gasteiger partial charge in [-0.05, 0) is 62.1 Å². The van der Waals surface area contributed by atoms with Crippen LogP contribution in [0, 0.1) is 6.92 Å². The van der Waals surface area contributed by atoms with Crippen molar-refractivity contribution in [1.29, 1.82) is 0 Å². The first-order valence-corrected chi connectivity index (χ1v) is 12.3. The SMILES string of the molecule is Cc1ccc(C(=O)N2CCOc3c(cc(-c4cccnc4)cc3OC[C@H]3CCCCO3)C2)s1. The van der Waals surface area contributed by atoms with E-state index >= 15 is 0 Å². The molecule has 0 N–H and O–H groups in total. The summed E-state index contributed by atoms with van der Waals surface area (Å²) in [6, 6.07) is 11.9. The Morgan fingerprint density at radius 2 is 2.15 bits per heavy atom. The summed E-state index contributed by atoms with van der Waals surface area (Å²) in [5, 5.41) is 0. The first-order chi connectivity index (χ1) is 16.2. The topological polar surface area (TPSA) is 60.9 Å². The molecule has 1 aromatic carbocycles. The predicted molar refractivity (Wildman–Crippen MR) is 128 cm³/mol. The smallest absolute Gasteiger partial charge is 0.264 e. The molecule has 3 aromatic rings. The van der Waals surface area contributed by atoms with E-state index in [1.807, 2.05) is 48.4 Å². The molecule has 2 aromatic heterocycles. The van der Waals surface area contributed by atoms with Crippen LogP contribution in [0.1, 0.15) is 39.4 Å². The number of fused-ring (bicyclic) bond motifs is 1. The highest BCUT2D eigenvalue weighted by atomic mass is 32.1. The second-order valence-electron chi connectivity index (χ2n) is 8.49. The third kappa shape index (κ3) is 5.04. The summed E-state index contributed by atoms with van der Waals surface area (Å²) in [6.45, 7) is 4.71. The molecule has 4 heterocycles. The number of hydrogen-bond donors (Lipinski definition) is 0. The van der Waals surface area contributed by atoms with Gasteiger partial charge in [0, 0.05) is 41.5 Å². The molecule has 7 heteroatoms. The highest BCUT2D eigenvalue weighted by molar-refractivity contribution is 7.13. The molecule has 33 heavy (non-hydrogen) atoms. The minimum Gasteiger partial charge on any atom is -0.487 e. The number of carbonyl (C=O) groups excluding carboxylic acids is 1. The van der Waals surface area contributed by atoms with Gasteiger partial charge in [0.05, 0.1) is 17.5 Å². The highest BCUT2D eigenvalue weighted by Crippen LogP contribution is 2.39. The number of pyridine rings is 1. The standard InChI is InChI=1S/C26H28N2O4S/c1-18-7-8-24(33-18)26(29)28-10-12-31-25-21(16-28)13-20(19-5-4-9-27-15-19)14-23(25)32-17-22-6-2-3-11-30-22/h4-5,7-9,13-15,22H,2-3,6,10-12,16-17H2,1H3/t22-/m1/s1. The number of aryl methyl sites for hydroxylation is 1. The van der Waals surface area contributed by atoms with Crippen LogP contribution in [0.5, 0.6) is 11.5 Å². The van der Waals surface area contributed by atoms with Gasteiger partial charge in [0.15, 0.2) is 11.5 Å². The summed E-state index contributed by atoms with van der Waals surface area (Å²) < 4.78 is 18.3. The van der Waals surface area contributed by atoms with E-state index in [1.54, 1.807) is 6.20 Å². The van der Waals surface area contributed by atoms with E-state index in [-0.39, 0.29) is 12.0 Å². The monoisotopic (exact) mass is 464 g/mol. The van der Waals surface area contributed by atoms with Gasteiger partial charge in [-0.25, -0.2) is 0 Å².